The smallest absolute Gasteiger partial charge is 0.323 e. The molecular formula is C23H33N7O4S. The number of nitrogens with two attached hydrogens (primary N) is 1. The molecule has 2 atom stereocenters. The standard InChI is InChI=1S/C23H33N7O4S/c24-9-8-21(31)26-11-2-12-30-15-17-13-20(27-22(17)28-23(30)32)16-4-6-19(7-5-16)35(33,34)29-18-3-1-10-25-14-18/h4-7,13,15,18,22,25,27,29H,1-3,8-12,14,24H2,(H,26,31)(H,28,32)/t18-,22?/m1/s1. The summed E-state index contributed by atoms with van der Waals surface area (Å²) in [6.07, 6.45) is 6.06. The Labute approximate surface area is 205 Å². The molecule has 3 heterocycles. The van der Waals surface area contributed by atoms with E-state index in [1.807, 2.05) is 6.08 Å². The zero-order valence-electron chi connectivity index (χ0n) is 19.5. The number of benzene rings is 1. The molecular weight excluding hydrogens is 470 g/mol. The van der Waals surface area contributed by atoms with E-state index in [4.69, 9.17) is 5.73 Å². The number of carbonyl (C=O) groups is 2. The lowest BCUT2D eigenvalue weighted by Gasteiger charge is -2.29. The van der Waals surface area contributed by atoms with Crippen molar-refractivity contribution in [1.82, 2.24) is 30.9 Å². The summed E-state index contributed by atoms with van der Waals surface area (Å²) in [5, 5.41) is 12.2. The minimum Gasteiger partial charge on any atom is -0.361 e. The number of nitrogens with zero attached hydrogens (tertiary/aromatic N) is 1. The second kappa shape index (κ2) is 11.2. The summed E-state index contributed by atoms with van der Waals surface area (Å²) in [5.41, 5.74) is 7.88. The summed E-state index contributed by atoms with van der Waals surface area (Å²) in [5.74, 6) is -0.0952. The first kappa shape index (κ1) is 25.2. The third-order valence-electron chi connectivity index (χ3n) is 6.14. The Morgan fingerprint density at radius 3 is 2.71 bits per heavy atom. The number of amides is 3. The summed E-state index contributed by atoms with van der Waals surface area (Å²) < 4.78 is 28.2. The van der Waals surface area contributed by atoms with Gasteiger partial charge in [-0.3, -0.25) is 4.79 Å². The number of piperidine rings is 1. The summed E-state index contributed by atoms with van der Waals surface area (Å²) >= 11 is 0. The number of carbonyl (C=O) groups excluding carboxylic acids is 2. The van der Waals surface area contributed by atoms with Crippen molar-refractivity contribution in [2.24, 2.45) is 5.73 Å². The Morgan fingerprint density at radius 2 is 2.00 bits per heavy atom. The zero-order valence-corrected chi connectivity index (χ0v) is 20.4. The Bertz CT molecular complexity index is 1100. The maximum absolute atomic E-state index is 12.7. The predicted molar refractivity (Wildman–Crippen MR) is 132 cm³/mol. The Balaban J connectivity index is 1.36. The molecule has 11 nitrogen and oxygen atoms in total. The number of nitrogens with one attached hydrogen (secondary N) is 5. The molecule has 0 aromatic heterocycles. The van der Waals surface area contributed by atoms with Crippen molar-refractivity contribution >= 4 is 27.7 Å². The highest BCUT2D eigenvalue weighted by Crippen LogP contribution is 2.26. The van der Waals surface area contributed by atoms with E-state index in [9.17, 15) is 18.0 Å². The van der Waals surface area contributed by atoms with Crippen molar-refractivity contribution in [3.05, 3.63) is 47.7 Å². The zero-order chi connectivity index (χ0) is 24.8. The van der Waals surface area contributed by atoms with Crippen LogP contribution < -0.4 is 31.7 Å². The van der Waals surface area contributed by atoms with E-state index in [-0.39, 0.29) is 35.5 Å². The van der Waals surface area contributed by atoms with Crippen molar-refractivity contribution in [3.8, 4) is 0 Å². The molecule has 190 valence electrons. The van der Waals surface area contributed by atoms with Crippen LogP contribution in [0.4, 0.5) is 4.79 Å². The molecule has 0 spiro atoms. The van der Waals surface area contributed by atoms with Gasteiger partial charge in [-0.25, -0.2) is 17.9 Å². The SMILES string of the molecule is NCCC(=O)NCCCN1C=C2C=C(c3ccc(S(=O)(=O)N[C@@H]4CCCNC4)cc3)NC2NC1=O. The first-order chi connectivity index (χ1) is 16.9. The van der Waals surface area contributed by atoms with E-state index in [1.165, 1.54) is 0 Å². The Hall–Kier alpha value is -2.93. The molecule has 1 aromatic carbocycles. The Kier molecular flexibility index (Phi) is 8.06. The highest BCUT2D eigenvalue weighted by Gasteiger charge is 2.30. The number of hydrogen-bond acceptors (Lipinski definition) is 7. The van der Waals surface area contributed by atoms with Gasteiger partial charge in [-0.1, -0.05) is 12.1 Å². The molecule has 1 aromatic rings. The lowest BCUT2D eigenvalue weighted by atomic mass is 10.1. The molecule has 1 fully saturated rings. The molecule has 4 rings (SSSR count). The lowest BCUT2D eigenvalue weighted by molar-refractivity contribution is -0.120. The highest BCUT2D eigenvalue weighted by atomic mass is 32.2. The molecule has 0 saturated carbocycles. The number of sulfonamides is 1. The summed E-state index contributed by atoms with van der Waals surface area (Å²) in [4.78, 5) is 25.8. The third-order valence-corrected chi connectivity index (χ3v) is 7.68. The number of hydrogen-bond donors (Lipinski definition) is 6. The number of urea groups is 1. The van der Waals surface area contributed by atoms with Crippen molar-refractivity contribution in [2.75, 3.05) is 32.7 Å². The maximum Gasteiger partial charge on any atom is 0.323 e. The van der Waals surface area contributed by atoms with Crippen LogP contribution in [0.5, 0.6) is 0 Å². The average Bonchev–Trinajstić information content (AvgIpc) is 3.25. The van der Waals surface area contributed by atoms with Crippen LogP contribution in [0, 0.1) is 0 Å². The molecule has 0 bridgehead atoms. The van der Waals surface area contributed by atoms with Gasteiger partial charge in [-0.05, 0) is 49.6 Å². The van der Waals surface area contributed by atoms with Gasteiger partial charge in [0.05, 0.1) is 4.90 Å². The predicted octanol–water partition coefficient (Wildman–Crippen LogP) is -0.249. The maximum atomic E-state index is 12.7. The lowest BCUT2D eigenvalue weighted by Crippen LogP contribution is -2.51. The van der Waals surface area contributed by atoms with Crippen LogP contribution in [0.25, 0.3) is 5.70 Å². The summed E-state index contributed by atoms with van der Waals surface area (Å²) in [6.45, 7) is 2.79. The van der Waals surface area contributed by atoms with Crippen LogP contribution in [0.3, 0.4) is 0 Å². The third kappa shape index (κ3) is 6.40. The fourth-order valence-corrected chi connectivity index (χ4v) is 5.56. The fraction of sp³-hybridized carbons (Fsp3) is 0.478. The molecule has 1 saturated heterocycles. The topological polar surface area (TPSA) is 158 Å². The first-order valence-corrected chi connectivity index (χ1v) is 13.4. The minimum absolute atomic E-state index is 0.0952. The Morgan fingerprint density at radius 1 is 1.20 bits per heavy atom. The molecule has 0 radical (unpaired) electrons. The normalized spacial score (nSPS) is 22.0. The van der Waals surface area contributed by atoms with E-state index >= 15 is 0 Å². The van der Waals surface area contributed by atoms with Crippen LogP contribution in [0.15, 0.2) is 47.0 Å². The molecule has 3 amide bonds. The first-order valence-electron chi connectivity index (χ1n) is 11.9. The van der Waals surface area contributed by atoms with Crippen LogP contribution in [-0.4, -0.2) is 70.2 Å². The molecule has 3 aliphatic heterocycles. The molecule has 1 unspecified atom stereocenters. The van der Waals surface area contributed by atoms with Gasteiger partial charge in [0.15, 0.2) is 0 Å². The van der Waals surface area contributed by atoms with Crippen LogP contribution in [0.2, 0.25) is 0 Å². The van der Waals surface area contributed by atoms with Gasteiger partial charge in [0.25, 0.3) is 0 Å². The van der Waals surface area contributed by atoms with Gasteiger partial charge in [0.2, 0.25) is 15.9 Å². The monoisotopic (exact) mass is 503 g/mol. The molecule has 0 aliphatic carbocycles. The van der Waals surface area contributed by atoms with Crippen LogP contribution >= 0.6 is 0 Å². The van der Waals surface area contributed by atoms with Gasteiger partial charge in [-0.15, -0.1) is 0 Å². The van der Waals surface area contributed by atoms with Gasteiger partial charge in [0, 0.05) is 56.1 Å². The van der Waals surface area contributed by atoms with Gasteiger partial charge >= 0.3 is 6.03 Å². The van der Waals surface area contributed by atoms with E-state index < -0.39 is 10.0 Å². The van der Waals surface area contributed by atoms with Gasteiger partial charge in [-0.2, -0.15) is 0 Å². The second-order valence-corrected chi connectivity index (χ2v) is 10.6. The van der Waals surface area contributed by atoms with Crippen LogP contribution in [0.1, 0.15) is 31.2 Å². The fourth-order valence-electron chi connectivity index (χ4n) is 4.29. The van der Waals surface area contributed by atoms with Crippen molar-refractivity contribution in [3.63, 3.8) is 0 Å². The number of fused-ring (bicyclic) bond motifs is 1. The number of rotatable bonds is 10. The highest BCUT2D eigenvalue weighted by molar-refractivity contribution is 7.89. The van der Waals surface area contributed by atoms with Gasteiger partial charge < -0.3 is 31.9 Å². The molecule has 3 aliphatic rings. The molecule has 12 heteroatoms. The van der Waals surface area contributed by atoms with Crippen molar-refractivity contribution < 1.29 is 18.0 Å². The van der Waals surface area contributed by atoms with E-state index in [2.05, 4.69) is 26.0 Å². The van der Waals surface area contributed by atoms with E-state index in [1.54, 1.807) is 35.4 Å². The van der Waals surface area contributed by atoms with E-state index in [0.717, 1.165) is 36.2 Å². The van der Waals surface area contributed by atoms with Crippen LogP contribution in [-0.2, 0) is 14.8 Å². The molecule has 7 N–H and O–H groups in total. The molecule has 35 heavy (non-hydrogen) atoms. The summed E-state index contributed by atoms with van der Waals surface area (Å²) in [7, 11) is -3.59. The minimum atomic E-state index is -3.59. The second-order valence-electron chi connectivity index (χ2n) is 8.84. The van der Waals surface area contributed by atoms with Crippen molar-refractivity contribution in [2.45, 2.75) is 42.8 Å². The summed E-state index contributed by atoms with van der Waals surface area (Å²) in [6, 6.07) is 6.38. The quantitative estimate of drug-likeness (QED) is 0.240. The van der Waals surface area contributed by atoms with Crippen molar-refractivity contribution in [1.29, 1.82) is 0 Å². The van der Waals surface area contributed by atoms with Gasteiger partial charge in [0.1, 0.15) is 6.17 Å². The largest absolute Gasteiger partial charge is 0.361 e. The van der Waals surface area contributed by atoms with E-state index in [0.29, 0.717) is 32.6 Å². The average molecular weight is 504 g/mol.